The van der Waals surface area contributed by atoms with Crippen molar-refractivity contribution < 1.29 is 13.9 Å². The molecule has 0 bridgehead atoms. The number of hydrogen-bond donors (Lipinski definition) is 2. The van der Waals surface area contributed by atoms with E-state index in [0.717, 1.165) is 6.20 Å². The molecule has 19 heavy (non-hydrogen) atoms. The van der Waals surface area contributed by atoms with Crippen LogP contribution in [0.3, 0.4) is 0 Å². The van der Waals surface area contributed by atoms with Crippen molar-refractivity contribution in [2.45, 2.75) is 38.8 Å². The number of nitrogens with one attached hydrogen (secondary N) is 1. The smallest absolute Gasteiger partial charge is 0.407 e. The second-order valence-corrected chi connectivity index (χ2v) is 5.31. The van der Waals surface area contributed by atoms with E-state index in [-0.39, 0.29) is 12.6 Å². The number of nitrogens with two attached hydrogens (primary N) is 1. The van der Waals surface area contributed by atoms with Crippen LogP contribution >= 0.6 is 0 Å². The molecule has 1 unspecified atom stereocenters. The van der Waals surface area contributed by atoms with Crippen LogP contribution in [0.25, 0.3) is 0 Å². The van der Waals surface area contributed by atoms with Crippen LogP contribution in [-0.4, -0.2) is 29.3 Å². The van der Waals surface area contributed by atoms with Crippen LogP contribution in [0, 0.1) is 5.82 Å². The van der Waals surface area contributed by atoms with E-state index in [1.807, 2.05) is 0 Å². The molecule has 1 rings (SSSR count). The van der Waals surface area contributed by atoms with Crippen molar-refractivity contribution in [1.29, 1.82) is 0 Å². The highest BCUT2D eigenvalue weighted by Crippen LogP contribution is 2.08. The van der Waals surface area contributed by atoms with E-state index in [2.05, 4.69) is 10.3 Å². The van der Waals surface area contributed by atoms with Crippen molar-refractivity contribution >= 4 is 6.09 Å². The van der Waals surface area contributed by atoms with E-state index in [1.54, 1.807) is 26.8 Å². The molecule has 0 aliphatic carbocycles. The summed E-state index contributed by atoms with van der Waals surface area (Å²) in [5.41, 5.74) is 5.76. The molecule has 1 amide bonds. The molecule has 106 valence electrons. The number of halogens is 1. The van der Waals surface area contributed by atoms with Crippen molar-refractivity contribution in [3.8, 4) is 0 Å². The van der Waals surface area contributed by atoms with Crippen molar-refractivity contribution in [2.75, 3.05) is 6.54 Å². The first-order valence-electron chi connectivity index (χ1n) is 6.09. The molecule has 0 aliphatic heterocycles. The lowest BCUT2D eigenvalue weighted by atomic mass is 10.1. The van der Waals surface area contributed by atoms with Crippen LogP contribution in [-0.2, 0) is 11.2 Å². The minimum absolute atomic E-state index is 0.219. The summed E-state index contributed by atoms with van der Waals surface area (Å²) in [5.74, 6) is -0.393. The van der Waals surface area contributed by atoms with E-state index in [4.69, 9.17) is 10.5 Å². The summed E-state index contributed by atoms with van der Waals surface area (Å²) in [6.07, 6.45) is 2.44. The van der Waals surface area contributed by atoms with Gasteiger partial charge in [0.25, 0.3) is 0 Å². The topological polar surface area (TPSA) is 77.2 Å². The normalized spacial score (nSPS) is 12.9. The van der Waals surface area contributed by atoms with Crippen LogP contribution in [0.4, 0.5) is 9.18 Å². The highest BCUT2D eigenvalue weighted by molar-refractivity contribution is 5.67. The number of amides is 1. The Morgan fingerprint density at radius 1 is 1.58 bits per heavy atom. The molecule has 0 saturated heterocycles. The summed E-state index contributed by atoms with van der Waals surface area (Å²) < 4.78 is 18.4. The number of carbonyl (C=O) groups excluding carboxylic acids is 1. The predicted octanol–water partition coefficient (Wildman–Crippen LogP) is 1.62. The summed E-state index contributed by atoms with van der Waals surface area (Å²) in [4.78, 5) is 15.1. The number of rotatable bonds is 4. The minimum Gasteiger partial charge on any atom is -0.444 e. The number of ether oxygens (including phenoxy) is 1. The number of alkyl carbamates (subject to hydrolysis) is 1. The van der Waals surface area contributed by atoms with Gasteiger partial charge in [0.05, 0.1) is 6.20 Å². The van der Waals surface area contributed by atoms with E-state index in [9.17, 15) is 9.18 Å². The molecule has 1 aromatic heterocycles. The Balaban J connectivity index is 2.38. The van der Waals surface area contributed by atoms with Gasteiger partial charge in [0.15, 0.2) is 0 Å². The summed E-state index contributed by atoms with van der Waals surface area (Å²) in [6, 6.07) is 1.19. The maximum Gasteiger partial charge on any atom is 0.407 e. The van der Waals surface area contributed by atoms with Gasteiger partial charge in [-0.15, -0.1) is 0 Å². The van der Waals surface area contributed by atoms with E-state index in [0.29, 0.717) is 12.0 Å². The number of aromatic nitrogens is 1. The van der Waals surface area contributed by atoms with Gasteiger partial charge in [-0.05, 0) is 38.8 Å². The van der Waals surface area contributed by atoms with Gasteiger partial charge in [-0.25, -0.2) is 9.18 Å². The Kier molecular flexibility index (Phi) is 5.23. The number of hydrogen-bond acceptors (Lipinski definition) is 4. The van der Waals surface area contributed by atoms with E-state index >= 15 is 0 Å². The third-order valence-corrected chi connectivity index (χ3v) is 2.25. The lowest BCUT2D eigenvalue weighted by Gasteiger charge is -2.20. The van der Waals surface area contributed by atoms with Gasteiger partial charge in [-0.2, -0.15) is 0 Å². The molecule has 1 atom stereocenters. The van der Waals surface area contributed by atoms with Crippen molar-refractivity contribution in [3.05, 3.63) is 29.8 Å². The molecule has 0 fully saturated rings. The molecular formula is C13H20FN3O2. The average molecular weight is 269 g/mol. The lowest BCUT2D eigenvalue weighted by molar-refractivity contribution is 0.0524. The Hall–Kier alpha value is -1.69. The van der Waals surface area contributed by atoms with Crippen LogP contribution in [0.5, 0.6) is 0 Å². The van der Waals surface area contributed by atoms with Crippen LogP contribution in [0.2, 0.25) is 0 Å². The molecule has 1 heterocycles. The molecular weight excluding hydrogens is 249 g/mol. The Labute approximate surface area is 112 Å². The van der Waals surface area contributed by atoms with Gasteiger partial charge in [0, 0.05) is 18.8 Å². The first kappa shape index (κ1) is 15.4. The van der Waals surface area contributed by atoms with Gasteiger partial charge in [-0.1, -0.05) is 0 Å². The fourth-order valence-electron chi connectivity index (χ4n) is 1.45. The molecule has 5 nitrogen and oxygen atoms in total. The second-order valence-electron chi connectivity index (χ2n) is 5.31. The number of carbonyl (C=O) groups is 1. The van der Waals surface area contributed by atoms with Crippen LogP contribution in [0.1, 0.15) is 26.3 Å². The van der Waals surface area contributed by atoms with Crippen molar-refractivity contribution in [2.24, 2.45) is 5.73 Å². The molecule has 0 aromatic carbocycles. The maximum absolute atomic E-state index is 13.3. The van der Waals surface area contributed by atoms with Gasteiger partial charge >= 0.3 is 6.09 Å². The predicted molar refractivity (Wildman–Crippen MR) is 70.1 cm³/mol. The summed E-state index contributed by atoms with van der Waals surface area (Å²) in [7, 11) is 0. The summed E-state index contributed by atoms with van der Waals surface area (Å²) >= 11 is 0. The Morgan fingerprint density at radius 2 is 2.26 bits per heavy atom. The third-order valence-electron chi connectivity index (χ3n) is 2.25. The summed E-state index contributed by atoms with van der Waals surface area (Å²) in [6.45, 7) is 5.55. The number of pyridine rings is 1. The fraction of sp³-hybridized carbons (Fsp3) is 0.538. The van der Waals surface area contributed by atoms with Gasteiger partial charge in [0.2, 0.25) is 0 Å². The van der Waals surface area contributed by atoms with Crippen LogP contribution in [0.15, 0.2) is 18.5 Å². The van der Waals surface area contributed by atoms with Gasteiger partial charge in [-0.3, -0.25) is 4.98 Å². The van der Waals surface area contributed by atoms with Crippen molar-refractivity contribution in [3.63, 3.8) is 0 Å². The average Bonchev–Trinajstić information content (AvgIpc) is 2.27. The highest BCUT2D eigenvalue weighted by atomic mass is 19.1. The largest absolute Gasteiger partial charge is 0.444 e. The Morgan fingerprint density at radius 3 is 2.84 bits per heavy atom. The lowest BCUT2D eigenvalue weighted by Crippen LogP contribution is -2.41. The molecule has 3 N–H and O–H groups in total. The first-order valence-corrected chi connectivity index (χ1v) is 6.09. The van der Waals surface area contributed by atoms with Gasteiger partial charge in [0.1, 0.15) is 11.4 Å². The molecule has 0 aliphatic rings. The van der Waals surface area contributed by atoms with E-state index in [1.165, 1.54) is 6.20 Å². The molecule has 0 spiro atoms. The molecule has 1 aromatic rings. The highest BCUT2D eigenvalue weighted by Gasteiger charge is 2.16. The maximum atomic E-state index is 13.3. The third kappa shape index (κ3) is 6.15. The molecule has 6 heteroatoms. The number of nitrogens with zero attached hydrogens (tertiary/aromatic N) is 1. The minimum atomic E-state index is -0.550. The quantitative estimate of drug-likeness (QED) is 0.870. The fourth-order valence-corrected chi connectivity index (χ4v) is 1.45. The van der Waals surface area contributed by atoms with E-state index < -0.39 is 17.5 Å². The second kappa shape index (κ2) is 6.47. The SMILES string of the molecule is CC(C)(C)OC(=O)NCC(N)Cc1ccncc1F. The van der Waals surface area contributed by atoms with Crippen LogP contribution < -0.4 is 11.1 Å². The zero-order chi connectivity index (χ0) is 14.5. The molecule has 0 radical (unpaired) electrons. The van der Waals surface area contributed by atoms with Gasteiger partial charge < -0.3 is 15.8 Å². The molecule has 0 saturated carbocycles. The Bertz CT molecular complexity index is 432. The first-order chi connectivity index (χ1) is 8.78. The zero-order valence-corrected chi connectivity index (χ0v) is 11.4. The zero-order valence-electron chi connectivity index (χ0n) is 11.4. The monoisotopic (exact) mass is 269 g/mol. The standard InChI is InChI=1S/C13H20FN3O2/c1-13(2,3)19-12(18)17-7-10(15)6-9-4-5-16-8-11(9)14/h4-5,8,10H,6-7,15H2,1-3H3,(H,17,18). The van der Waals surface area contributed by atoms with Crippen molar-refractivity contribution in [1.82, 2.24) is 10.3 Å². The summed E-state index contributed by atoms with van der Waals surface area (Å²) in [5, 5.41) is 2.55.